The number of esters is 1. The molecule has 0 spiro atoms. The van der Waals surface area contributed by atoms with Gasteiger partial charge < -0.3 is 9.84 Å². The van der Waals surface area contributed by atoms with Gasteiger partial charge in [0.15, 0.2) is 0 Å². The smallest absolute Gasteiger partial charge is 0.305 e. The lowest BCUT2D eigenvalue weighted by atomic mass is 9.77. The van der Waals surface area contributed by atoms with Crippen LogP contribution in [0.2, 0.25) is 0 Å². The van der Waals surface area contributed by atoms with Crippen LogP contribution in [0.25, 0.3) is 0 Å². The molecule has 4 nitrogen and oxygen atoms in total. The van der Waals surface area contributed by atoms with Crippen molar-refractivity contribution in [3.05, 3.63) is 0 Å². The molecule has 1 unspecified atom stereocenters. The molecule has 4 heteroatoms. The van der Waals surface area contributed by atoms with Crippen molar-refractivity contribution in [1.82, 2.24) is 0 Å². The van der Waals surface area contributed by atoms with Gasteiger partial charge in [0.2, 0.25) is 0 Å². The Balaban J connectivity index is 4.41. The van der Waals surface area contributed by atoms with Crippen LogP contribution in [-0.2, 0) is 14.3 Å². The Labute approximate surface area is 84.3 Å². The summed E-state index contributed by atoms with van der Waals surface area (Å²) in [4.78, 5) is 21.6. The summed E-state index contributed by atoms with van der Waals surface area (Å²) in [6, 6.07) is 0. The van der Waals surface area contributed by atoms with Gasteiger partial charge in [0.1, 0.15) is 0 Å². The Hall–Kier alpha value is -1.06. The van der Waals surface area contributed by atoms with Crippen LogP contribution in [0.1, 0.15) is 33.6 Å². The van der Waals surface area contributed by atoms with E-state index in [1.807, 2.05) is 20.8 Å². The van der Waals surface area contributed by atoms with Gasteiger partial charge in [-0.2, -0.15) is 0 Å². The minimum absolute atomic E-state index is 0.00139. The van der Waals surface area contributed by atoms with Gasteiger partial charge in [0.05, 0.1) is 7.11 Å². The number of ether oxygens (including phenoxy) is 1. The molecule has 14 heavy (non-hydrogen) atoms. The second kappa shape index (κ2) is 4.98. The van der Waals surface area contributed by atoms with Crippen LogP contribution in [0.15, 0.2) is 0 Å². The Morgan fingerprint density at radius 1 is 1.29 bits per heavy atom. The molecular weight excluding hydrogens is 184 g/mol. The number of aliphatic carboxylic acids is 1. The maximum atomic E-state index is 11.0. The molecule has 0 saturated heterocycles. The molecule has 0 saturated carbocycles. The highest BCUT2D eigenvalue weighted by Gasteiger charge is 2.29. The van der Waals surface area contributed by atoms with Gasteiger partial charge in [-0.15, -0.1) is 0 Å². The van der Waals surface area contributed by atoms with Crippen LogP contribution in [0, 0.1) is 11.3 Å². The Morgan fingerprint density at radius 2 is 1.79 bits per heavy atom. The van der Waals surface area contributed by atoms with E-state index in [-0.39, 0.29) is 30.1 Å². The lowest BCUT2D eigenvalue weighted by molar-refractivity contribution is -0.144. The highest BCUT2D eigenvalue weighted by Crippen LogP contribution is 2.31. The van der Waals surface area contributed by atoms with Crippen molar-refractivity contribution >= 4 is 11.9 Å². The average Bonchev–Trinajstić information content (AvgIpc) is 2.00. The third kappa shape index (κ3) is 4.84. The molecule has 0 aromatic rings. The van der Waals surface area contributed by atoms with Crippen LogP contribution in [0.5, 0.6) is 0 Å². The van der Waals surface area contributed by atoms with E-state index in [2.05, 4.69) is 4.74 Å². The fourth-order valence-electron chi connectivity index (χ4n) is 1.18. The third-order valence-electron chi connectivity index (χ3n) is 2.29. The van der Waals surface area contributed by atoms with Gasteiger partial charge in [0.25, 0.3) is 0 Å². The van der Waals surface area contributed by atoms with Crippen LogP contribution < -0.4 is 0 Å². The monoisotopic (exact) mass is 202 g/mol. The predicted molar refractivity (Wildman–Crippen MR) is 51.8 cm³/mol. The Kier molecular flexibility index (Phi) is 4.60. The van der Waals surface area contributed by atoms with Gasteiger partial charge in [-0.05, 0) is 11.3 Å². The lowest BCUT2D eigenvalue weighted by Gasteiger charge is -2.28. The number of carbonyl (C=O) groups excluding carboxylic acids is 1. The number of hydrogen-bond acceptors (Lipinski definition) is 3. The highest BCUT2D eigenvalue weighted by atomic mass is 16.5. The normalized spacial score (nSPS) is 13.4. The first-order valence-electron chi connectivity index (χ1n) is 4.56. The molecule has 0 rings (SSSR count). The van der Waals surface area contributed by atoms with E-state index in [1.165, 1.54) is 7.11 Å². The van der Waals surface area contributed by atoms with Gasteiger partial charge >= 0.3 is 11.9 Å². The zero-order valence-corrected chi connectivity index (χ0v) is 9.16. The SMILES string of the molecule is COC(=O)CC(CC(=O)O)C(C)(C)C. The first-order chi connectivity index (χ1) is 6.27. The van der Waals surface area contributed by atoms with E-state index in [0.717, 1.165) is 0 Å². The van der Waals surface area contributed by atoms with E-state index in [1.54, 1.807) is 0 Å². The topological polar surface area (TPSA) is 63.6 Å². The molecule has 0 fully saturated rings. The van der Waals surface area contributed by atoms with Crippen molar-refractivity contribution in [2.45, 2.75) is 33.6 Å². The van der Waals surface area contributed by atoms with Crippen LogP contribution >= 0.6 is 0 Å². The van der Waals surface area contributed by atoms with Crippen molar-refractivity contribution in [2.75, 3.05) is 7.11 Å². The van der Waals surface area contributed by atoms with Gasteiger partial charge in [0, 0.05) is 12.8 Å². The van der Waals surface area contributed by atoms with E-state index in [9.17, 15) is 9.59 Å². The van der Waals surface area contributed by atoms with Gasteiger partial charge in [-0.1, -0.05) is 20.8 Å². The van der Waals surface area contributed by atoms with E-state index in [4.69, 9.17) is 5.11 Å². The van der Waals surface area contributed by atoms with E-state index in [0.29, 0.717) is 0 Å². The number of hydrogen-bond donors (Lipinski definition) is 1. The molecule has 0 aliphatic carbocycles. The van der Waals surface area contributed by atoms with Crippen molar-refractivity contribution in [2.24, 2.45) is 11.3 Å². The van der Waals surface area contributed by atoms with Gasteiger partial charge in [-0.3, -0.25) is 9.59 Å². The molecule has 82 valence electrons. The molecule has 0 heterocycles. The van der Waals surface area contributed by atoms with Crippen LogP contribution in [0.3, 0.4) is 0 Å². The number of rotatable bonds is 4. The summed E-state index contributed by atoms with van der Waals surface area (Å²) in [5.41, 5.74) is -0.202. The first-order valence-corrected chi connectivity index (χ1v) is 4.56. The Bertz CT molecular complexity index is 215. The number of carboxylic acid groups (broad SMARTS) is 1. The molecule has 1 atom stereocenters. The number of methoxy groups -OCH3 is 1. The number of carboxylic acids is 1. The molecule has 0 aromatic heterocycles. The van der Waals surface area contributed by atoms with Gasteiger partial charge in [-0.25, -0.2) is 0 Å². The molecule has 0 aliphatic heterocycles. The summed E-state index contributed by atoms with van der Waals surface area (Å²) in [6.07, 6.45) is 0.158. The fraction of sp³-hybridized carbons (Fsp3) is 0.800. The second-order valence-corrected chi connectivity index (χ2v) is 4.44. The van der Waals surface area contributed by atoms with Crippen molar-refractivity contribution in [3.63, 3.8) is 0 Å². The minimum Gasteiger partial charge on any atom is -0.481 e. The summed E-state index contributed by atoms with van der Waals surface area (Å²) in [6.45, 7) is 5.76. The Morgan fingerprint density at radius 3 is 2.07 bits per heavy atom. The molecule has 0 amide bonds. The fourth-order valence-corrected chi connectivity index (χ4v) is 1.18. The van der Waals surface area contributed by atoms with E-state index < -0.39 is 5.97 Å². The quantitative estimate of drug-likeness (QED) is 0.704. The summed E-state index contributed by atoms with van der Waals surface area (Å²) in [7, 11) is 1.31. The highest BCUT2D eigenvalue weighted by molar-refractivity contribution is 5.72. The largest absolute Gasteiger partial charge is 0.481 e. The summed E-state index contributed by atoms with van der Waals surface area (Å²) in [5, 5.41) is 8.68. The molecule has 0 radical (unpaired) electrons. The molecular formula is C10H18O4. The third-order valence-corrected chi connectivity index (χ3v) is 2.29. The molecule has 0 bridgehead atoms. The minimum atomic E-state index is -0.881. The van der Waals surface area contributed by atoms with Crippen molar-refractivity contribution < 1.29 is 19.4 Å². The number of carbonyl (C=O) groups is 2. The predicted octanol–water partition coefficient (Wildman–Crippen LogP) is 1.69. The molecule has 1 N–H and O–H groups in total. The van der Waals surface area contributed by atoms with Crippen molar-refractivity contribution in [1.29, 1.82) is 0 Å². The summed E-state index contributed by atoms with van der Waals surface area (Å²) in [5.74, 6) is -1.42. The zero-order chi connectivity index (χ0) is 11.4. The second-order valence-electron chi connectivity index (χ2n) is 4.44. The summed E-state index contributed by atoms with van der Waals surface area (Å²) < 4.78 is 4.53. The lowest BCUT2D eigenvalue weighted by Crippen LogP contribution is -2.26. The first kappa shape index (κ1) is 12.9. The maximum Gasteiger partial charge on any atom is 0.305 e. The molecule has 0 aromatic carbocycles. The van der Waals surface area contributed by atoms with Crippen LogP contribution in [0.4, 0.5) is 0 Å². The average molecular weight is 202 g/mol. The standard InChI is InChI=1S/C10H18O4/c1-10(2,3)7(5-8(11)12)6-9(13)14-4/h7H,5-6H2,1-4H3,(H,11,12). The van der Waals surface area contributed by atoms with E-state index >= 15 is 0 Å². The zero-order valence-electron chi connectivity index (χ0n) is 9.16. The van der Waals surface area contributed by atoms with Crippen molar-refractivity contribution in [3.8, 4) is 0 Å². The maximum absolute atomic E-state index is 11.0. The summed E-state index contributed by atoms with van der Waals surface area (Å²) >= 11 is 0. The molecule has 0 aliphatic rings. The van der Waals surface area contributed by atoms with Crippen LogP contribution in [-0.4, -0.2) is 24.2 Å².